The van der Waals surface area contributed by atoms with E-state index in [1.165, 1.54) is 16.9 Å². The van der Waals surface area contributed by atoms with E-state index in [9.17, 15) is 13.2 Å². The summed E-state index contributed by atoms with van der Waals surface area (Å²) in [6.45, 7) is 4.94. The van der Waals surface area contributed by atoms with Crippen LogP contribution in [0.3, 0.4) is 0 Å². The molecule has 2 aliphatic heterocycles. The van der Waals surface area contributed by atoms with Gasteiger partial charge in [-0.3, -0.25) is 4.79 Å². The Bertz CT molecular complexity index is 815. The number of carbonyl (C=O) groups excluding carboxylic acids is 1. The second kappa shape index (κ2) is 8.30. The standard InChI is InChI=1S/C18H30N6O3S/c1-13-16(20-12-21-17(13)19)18(25)24-10-6-15(7-11-24)23-8-4-14(5-9-23)22(2)28(3,26)27/h12,14-15H,4-11H2,1-3H3,(H2,19,20,21). The van der Waals surface area contributed by atoms with Crippen LogP contribution in [0.1, 0.15) is 41.7 Å². The van der Waals surface area contributed by atoms with E-state index in [2.05, 4.69) is 14.9 Å². The molecule has 0 bridgehead atoms. The van der Waals surface area contributed by atoms with E-state index in [0.717, 1.165) is 38.8 Å². The number of sulfonamides is 1. The van der Waals surface area contributed by atoms with Gasteiger partial charge in [0.1, 0.15) is 17.8 Å². The number of hydrogen-bond acceptors (Lipinski definition) is 7. The van der Waals surface area contributed by atoms with Gasteiger partial charge in [0, 0.05) is 37.8 Å². The largest absolute Gasteiger partial charge is 0.383 e. The monoisotopic (exact) mass is 410 g/mol. The topological polar surface area (TPSA) is 113 Å². The third-order valence-electron chi connectivity index (χ3n) is 6.13. The predicted molar refractivity (Wildman–Crippen MR) is 107 cm³/mol. The van der Waals surface area contributed by atoms with Crippen LogP contribution in [-0.2, 0) is 10.0 Å². The fourth-order valence-electron chi connectivity index (χ4n) is 4.15. The Balaban J connectivity index is 1.52. The van der Waals surface area contributed by atoms with Crippen LogP contribution in [0.25, 0.3) is 0 Å². The van der Waals surface area contributed by atoms with Gasteiger partial charge in [-0.1, -0.05) is 0 Å². The number of anilines is 1. The summed E-state index contributed by atoms with van der Waals surface area (Å²) in [6.07, 6.45) is 6.12. The molecule has 28 heavy (non-hydrogen) atoms. The van der Waals surface area contributed by atoms with Gasteiger partial charge < -0.3 is 15.5 Å². The van der Waals surface area contributed by atoms with Crippen LogP contribution in [-0.4, -0.2) is 90.0 Å². The summed E-state index contributed by atoms with van der Waals surface area (Å²) in [5.74, 6) is 0.258. The van der Waals surface area contributed by atoms with Gasteiger partial charge in [-0.15, -0.1) is 0 Å². The van der Waals surface area contributed by atoms with Gasteiger partial charge in [-0.2, -0.15) is 0 Å². The Morgan fingerprint density at radius 3 is 2.32 bits per heavy atom. The van der Waals surface area contributed by atoms with Crippen molar-refractivity contribution in [1.82, 2.24) is 24.1 Å². The minimum atomic E-state index is -3.14. The van der Waals surface area contributed by atoms with Crippen molar-refractivity contribution in [3.05, 3.63) is 17.6 Å². The highest BCUT2D eigenvalue weighted by atomic mass is 32.2. The molecule has 0 aromatic carbocycles. The Kier molecular flexibility index (Phi) is 6.21. The van der Waals surface area contributed by atoms with E-state index < -0.39 is 10.0 Å². The van der Waals surface area contributed by atoms with Crippen molar-refractivity contribution in [1.29, 1.82) is 0 Å². The number of amides is 1. The normalized spacial score (nSPS) is 20.6. The first-order valence-electron chi connectivity index (χ1n) is 9.72. The summed E-state index contributed by atoms with van der Waals surface area (Å²) in [5, 5.41) is 0. The van der Waals surface area contributed by atoms with Gasteiger partial charge in [-0.25, -0.2) is 22.7 Å². The molecule has 3 heterocycles. The van der Waals surface area contributed by atoms with Gasteiger partial charge in [0.15, 0.2) is 0 Å². The fourth-order valence-corrected chi connectivity index (χ4v) is 4.90. The Morgan fingerprint density at radius 2 is 1.75 bits per heavy atom. The Morgan fingerprint density at radius 1 is 1.14 bits per heavy atom. The van der Waals surface area contributed by atoms with Gasteiger partial charge in [0.05, 0.1) is 6.26 Å². The highest BCUT2D eigenvalue weighted by Crippen LogP contribution is 2.25. The average Bonchev–Trinajstić information content (AvgIpc) is 2.68. The molecule has 0 atom stereocenters. The molecule has 1 aromatic rings. The summed E-state index contributed by atoms with van der Waals surface area (Å²) in [4.78, 5) is 25.1. The average molecular weight is 411 g/mol. The van der Waals surface area contributed by atoms with Crippen LogP contribution in [0, 0.1) is 6.92 Å². The van der Waals surface area contributed by atoms with Crippen molar-refractivity contribution in [3.63, 3.8) is 0 Å². The summed E-state index contributed by atoms with van der Waals surface area (Å²) in [7, 11) is -1.47. The molecule has 0 unspecified atom stereocenters. The van der Waals surface area contributed by atoms with Gasteiger partial charge in [-0.05, 0) is 45.7 Å². The minimum Gasteiger partial charge on any atom is -0.383 e. The molecule has 156 valence electrons. The van der Waals surface area contributed by atoms with Crippen LogP contribution in [0.15, 0.2) is 6.33 Å². The van der Waals surface area contributed by atoms with Crippen molar-refractivity contribution in [2.45, 2.75) is 44.7 Å². The maximum atomic E-state index is 12.8. The maximum Gasteiger partial charge on any atom is 0.272 e. The van der Waals surface area contributed by atoms with Crippen LogP contribution >= 0.6 is 0 Å². The SMILES string of the molecule is Cc1c(N)ncnc1C(=O)N1CCC(N2CCC(N(C)S(C)(=O)=O)CC2)CC1. The van der Waals surface area contributed by atoms with Crippen LogP contribution in [0.4, 0.5) is 5.82 Å². The van der Waals surface area contributed by atoms with Crippen molar-refractivity contribution in [3.8, 4) is 0 Å². The van der Waals surface area contributed by atoms with Crippen LogP contribution in [0.5, 0.6) is 0 Å². The molecule has 1 aromatic heterocycles. The molecular weight excluding hydrogens is 380 g/mol. The summed E-state index contributed by atoms with van der Waals surface area (Å²) in [6, 6.07) is 0.518. The van der Waals surface area contributed by atoms with Crippen molar-refractivity contribution in [2.24, 2.45) is 0 Å². The summed E-state index contributed by atoms with van der Waals surface area (Å²) < 4.78 is 25.0. The molecule has 0 aliphatic carbocycles. The lowest BCUT2D eigenvalue weighted by molar-refractivity contribution is 0.0542. The number of rotatable bonds is 4. The van der Waals surface area contributed by atoms with E-state index in [0.29, 0.717) is 36.2 Å². The molecule has 10 heteroatoms. The summed E-state index contributed by atoms with van der Waals surface area (Å²) >= 11 is 0. The number of piperidine rings is 2. The quantitative estimate of drug-likeness (QED) is 0.761. The number of carbonyl (C=O) groups is 1. The van der Waals surface area contributed by atoms with E-state index in [1.54, 1.807) is 14.0 Å². The highest BCUT2D eigenvalue weighted by molar-refractivity contribution is 7.88. The van der Waals surface area contributed by atoms with Gasteiger partial charge in [0.2, 0.25) is 10.0 Å². The third kappa shape index (κ3) is 4.44. The molecule has 2 N–H and O–H groups in total. The number of likely N-dealkylation sites (tertiary alicyclic amines) is 2. The lowest BCUT2D eigenvalue weighted by Crippen LogP contribution is -2.52. The van der Waals surface area contributed by atoms with Gasteiger partial charge >= 0.3 is 0 Å². The number of nitrogens with zero attached hydrogens (tertiary/aromatic N) is 5. The number of nitrogen functional groups attached to an aromatic ring is 1. The zero-order valence-electron chi connectivity index (χ0n) is 16.8. The molecule has 0 saturated carbocycles. The zero-order chi connectivity index (χ0) is 20.5. The van der Waals surface area contributed by atoms with Crippen molar-refractivity contribution in [2.75, 3.05) is 45.2 Å². The fraction of sp³-hybridized carbons (Fsp3) is 0.722. The Hall–Kier alpha value is -1.78. The maximum absolute atomic E-state index is 12.8. The first-order chi connectivity index (χ1) is 13.2. The molecule has 9 nitrogen and oxygen atoms in total. The number of nitrogens with two attached hydrogens (primary N) is 1. The zero-order valence-corrected chi connectivity index (χ0v) is 17.7. The predicted octanol–water partition coefficient (Wildman–Crippen LogP) is 0.328. The van der Waals surface area contributed by atoms with E-state index in [-0.39, 0.29) is 11.9 Å². The second-order valence-corrected chi connectivity index (χ2v) is 9.84. The van der Waals surface area contributed by atoms with Gasteiger partial charge in [0.25, 0.3) is 5.91 Å². The molecule has 0 spiro atoms. The molecule has 1 amide bonds. The molecule has 2 saturated heterocycles. The lowest BCUT2D eigenvalue weighted by atomic mass is 9.97. The first-order valence-corrected chi connectivity index (χ1v) is 11.6. The second-order valence-electron chi connectivity index (χ2n) is 7.80. The minimum absolute atomic E-state index is 0.0825. The van der Waals surface area contributed by atoms with Crippen molar-refractivity contribution >= 4 is 21.7 Å². The van der Waals surface area contributed by atoms with E-state index in [4.69, 9.17) is 5.73 Å². The molecule has 0 radical (unpaired) electrons. The van der Waals surface area contributed by atoms with E-state index >= 15 is 0 Å². The van der Waals surface area contributed by atoms with Crippen LogP contribution < -0.4 is 5.73 Å². The van der Waals surface area contributed by atoms with Crippen molar-refractivity contribution < 1.29 is 13.2 Å². The van der Waals surface area contributed by atoms with E-state index in [1.807, 2.05) is 4.90 Å². The first kappa shape index (κ1) is 20.9. The van der Waals surface area contributed by atoms with Crippen LogP contribution in [0.2, 0.25) is 0 Å². The smallest absolute Gasteiger partial charge is 0.272 e. The molecular formula is C18H30N6O3S. The Labute approximate surface area is 167 Å². The summed E-state index contributed by atoms with van der Waals surface area (Å²) in [5.41, 5.74) is 6.81. The molecule has 3 rings (SSSR count). The highest BCUT2D eigenvalue weighted by Gasteiger charge is 2.33. The molecule has 2 aliphatic rings. The third-order valence-corrected chi connectivity index (χ3v) is 7.47. The number of aromatic nitrogens is 2. The number of hydrogen-bond donors (Lipinski definition) is 1. The molecule has 2 fully saturated rings. The lowest BCUT2D eigenvalue weighted by Gasteiger charge is -2.43.